The normalized spacial score (nSPS) is 20.4. The van der Waals surface area contributed by atoms with E-state index in [2.05, 4.69) is 22.4 Å². The Morgan fingerprint density at radius 2 is 2.38 bits per heavy atom. The summed E-state index contributed by atoms with van der Waals surface area (Å²) < 4.78 is 0. The molecule has 1 aliphatic rings. The molecular formula is C11H19N3S2. The molecule has 1 fully saturated rings. The second kappa shape index (κ2) is 6.57. The fraction of sp³-hybridized carbons (Fsp3) is 0.818. The van der Waals surface area contributed by atoms with Crippen LogP contribution < -0.4 is 5.32 Å². The molecule has 1 saturated heterocycles. The van der Waals surface area contributed by atoms with Gasteiger partial charge in [-0.1, -0.05) is 6.92 Å². The molecule has 1 atom stereocenters. The third kappa shape index (κ3) is 3.43. The van der Waals surface area contributed by atoms with Crippen LogP contribution in [-0.2, 0) is 6.42 Å². The van der Waals surface area contributed by atoms with Crippen LogP contribution in [0.5, 0.6) is 0 Å². The summed E-state index contributed by atoms with van der Waals surface area (Å²) in [6, 6.07) is 0. The summed E-state index contributed by atoms with van der Waals surface area (Å²) in [6.07, 6.45) is 4.86. The second-order valence-corrected chi connectivity index (χ2v) is 6.40. The Kier molecular flexibility index (Phi) is 5.06. The van der Waals surface area contributed by atoms with Crippen molar-refractivity contribution in [3.63, 3.8) is 0 Å². The Labute approximate surface area is 105 Å². The topological polar surface area (TPSA) is 37.8 Å². The smallest absolute Gasteiger partial charge is 0.130 e. The number of aromatic nitrogens is 2. The number of hydrogen-bond donors (Lipinski definition) is 1. The van der Waals surface area contributed by atoms with Gasteiger partial charge in [0.05, 0.1) is 5.25 Å². The summed E-state index contributed by atoms with van der Waals surface area (Å²) >= 11 is 3.85. The zero-order chi connectivity index (χ0) is 11.2. The summed E-state index contributed by atoms with van der Waals surface area (Å²) in [5.41, 5.74) is 0. The SMILES string of the molecule is CCNCCCc1nnc(C2CCCS2)s1. The molecule has 1 unspecified atom stereocenters. The van der Waals surface area contributed by atoms with E-state index in [1.807, 2.05) is 23.1 Å². The highest BCUT2D eigenvalue weighted by atomic mass is 32.2. The van der Waals surface area contributed by atoms with Crippen LogP contribution in [0.15, 0.2) is 0 Å². The number of rotatable bonds is 6. The van der Waals surface area contributed by atoms with E-state index in [0.29, 0.717) is 5.25 Å². The van der Waals surface area contributed by atoms with Crippen molar-refractivity contribution in [3.8, 4) is 0 Å². The maximum atomic E-state index is 4.32. The molecule has 0 radical (unpaired) electrons. The first-order valence-corrected chi connectivity index (χ1v) is 7.91. The van der Waals surface area contributed by atoms with Crippen LogP contribution in [0, 0.1) is 0 Å². The van der Waals surface area contributed by atoms with Gasteiger partial charge in [-0.05, 0) is 38.1 Å². The number of thioether (sulfide) groups is 1. The van der Waals surface area contributed by atoms with Gasteiger partial charge < -0.3 is 5.32 Å². The third-order valence-corrected chi connectivity index (χ3v) is 5.31. The van der Waals surface area contributed by atoms with Gasteiger partial charge in [-0.3, -0.25) is 0 Å². The van der Waals surface area contributed by atoms with Crippen LogP contribution in [0.3, 0.4) is 0 Å². The van der Waals surface area contributed by atoms with E-state index < -0.39 is 0 Å². The van der Waals surface area contributed by atoms with Crippen molar-refractivity contribution in [1.82, 2.24) is 15.5 Å². The predicted molar refractivity (Wildman–Crippen MR) is 71.2 cm³/mol. The third-order valence-electron chi connectivity index (χ3n) is 2.68. The van der Waals surface area contributed by atoms with Gasteiger partial charge >= 0.3 is 0 Å². The first-order valence-electron chi connectivity index (χ1n) is 6.04. The van der Waals surface area contributed by atoms with Crippen molar-refractivity contribution in [1.29, 1.82) is 0 Å². The number of aryl methyl sites for hydroxylation is 1. The zero-order valence-electron chi connectivity index (χ0n) is 9.74. The molecule has 2 rings (SSSR count). The summed E-state index contributed by atoms with van der Waals surface area (Å²) in [5.74, 6) is 1.29. The molecule has 0 bridgehead atoms. The second-order valence-electron chi connectivity index (χ2n) is 3.99. The average molecular weight is 257 g/mol. The van der Waals surface area contributed by atoms with E-state index >= 15 is 0 Å². The molecule has 0 saturated carbocycles. The van der Waals surface area contributed by atoms with Gasteiger partial charge in [0.1, 0.15) is 10.0 Å². The van der Waals surface area contributed by atoms with Crippen LogP contribution in [0.25, 0.3) is 0 Å². The first-order chi connectivity index (χ1) is 7.90. The van der Waals surface area contributed by atoms with Crippen molar-refractivity contribution in [2.24, 2.45) is 0 Å². The van der Waals surface area contributed by atoms with Crippen molar-refractivity contribution in [3.05, 3.63) is 10.0 Å². The lowest BCUT2D eigenvalue weighted by molar-refractivity contribution is 0.668. The van der Waals surface area contributed by atoms with Gasteiger partial charge in [0.2, 0.25) is 0 Å². The lowest BCUT2D eigenvalue weighted by atomic mass is 10.3. The predicted octanol–water partition coefficient (Wildman–Crippen LogP) is 2.65. The molecule has 0 spiro atoms. The fourth-order valence-electron chi connectivity index (χ4n) is 1.81. The summed E-state index contributed by atoms with van der Waals surface area (Å²) in [7, 11) is 0. The van der Waals surface area contributed by atoms with E-state index in [1.165, 1.54) is 35.0 Å². The quantitative estimate of drug-likeness (QED) is 0.795. The van der Waals surface area contributed by atoms with Gasteiger partial charge in [0.25, 0.3) is 0 Å². The minimum absolute atomic E-state index is 0.639. The van der Waals surface area contributed by atoms with Gasteiger partial charge in [-0.2, -0.15) is 11.8 Å². The zero-order valence-corrected chi connectivity index (χ0v) is 11.4. The van der Waals surface area contributed by atoms with Gasteiger partial charge in [0, 0.05) is 6.42 Å². The molecule has 1 aromatic rings. The molecule has 2 heterocycles. The highest BCUT2D eigenvalue weighted by molar-refractivity contribution is 7.99. The minimum Gasteiger partial charge on any atom is -0.317 e. The Morgan fingerprint density at radius 1 is 1.44 bits per heavy atom. The van der Waals surface area contributed by atoms with E-state index in [1.54, 1.807) is 0 Å². The Balaban J connectivity index is 1.77. The first kappa shape index (κ1) is 12.3. The van der Waals surface area contributed by atoms with Gasteiger partial charge in [0.15, 0.2) is 0 Å². The van der Waals surface area contributed by atoms with E-state index in [0.717, 1.165) is 19.5 Å². The van der Waals surface area contributed by atoms with Gasteiger partial charge in [-0.25, -0.2) is 0 Å². The molecule has 1 N–H and O–H groups in total. The molecular weight excluding hydrogens is 238 g/mol. The maximum Gasteiger partial charge on any atom is 0.130 e. The maximum absolute atomic E-state index is 4.32. The molecule has 1 aromatic heterocycles. The summed E-state index contributed by atoms with van der Waals surface area (Å²) in [5, 5.41) is 15.0. The minimum atomic E-state index is 0.639. The van der Waals surface area contributed by atoms with Crippen LogP contribution in [0.4, 0.5) is 0 Å². The standard InChI is InChI=1S/C11H19N3S2/c1-2-12-7-3-6-10-13-14-11(16-10)9-5-4-8-15-9/h9,12H,2-8H2,1H3. The van der Waals surface area contributed by atoms with Gasteiger partial charge in [-0.15, -0.1) is 21.5 Å². The van der Waals surface area contributed by atoms with Crippen molar-refractivity contribution >= 4 is 23.1 Å². The van der Waals surface area contributed by atoms with E-state index in [4.69, 9.17) is 0 Å². The average Bonchev–Trinajstić information content (AvgIpc) is 2.94. The molecule has 5 heteroatoms. The lowest BCUT2D eigenvalue weighted by Gasteiger charge is -2.00. The monoisotopic (exact) mass is 257 g/mol. The Morgan fingerprint density at radius 3 is 3.12 bits per heavy atom. The van der Waals surface area contributed by atoms with Crippen molar-refractivity contribution in [2.75, 3.05) is 18.8 Å². The number of hydrogen-bond acceptors (Lipinski definition) is 5. The molecule has 0 aliphatic carbocycles. The number of nitrogens with one attached hydrogen (secondary N) is 1. The van der Waals surface area contributed by atoms with Crippen LogP contribution >= 0.6 is 23.1 Å². The fourth-order valence-corrected chi connectivity index (χ4v) is 4.20. The van der Waals surface area contributed by atoms with Crippen LogP contribution in [-0.4, -0.2) is 29.0 Å². The largest absolute Gasteiger partial charge is 0.317 e. The molecule has 16 heavy (non-hydrogen) atoms. The van der Waals surface area contributed by atoms with E-state index in [9.17, 15) is 0 Å². The molecule has 3 nitrogen and oxygen atoms in total. The molecule has 0 aromatic carbocycles. The summed E-state index contributed by atoms with van der Waals surface area (Å²) in [6.45, 7) is 4.28. The number of nitrogens with zero attached hydrogens (tertiary/aromatic N) is 2. The molecule has 1 aliphatic heterocycles. The Bertz CT molecular complexity index is 308. The summed E-state index contributed by atoms with van der Waals surface area (Å²) in [4.78, 5) is 0. The van der Waals surface area contributed by atoms with E-state index in [-0.39, 0.29) is 0 Å². The Hall–Kier alpha value is -0.130. The lowest BCUT2D eigenvalue weighted by Crippen LogP contribution is -2.14. The van der Waals surface area contributed by atoms with Crippen LogP contribution in [0.2, 0.25) is 0 Å². The molecule has 0 amide bonds. The van der Waals surface area contributed by atoms with Crippen molar-refractivity contribution in [2.45, 2.75) is 37.9 Å². The highest BCUT2D eigenvalue weighted by Gasteiger charge is 2.21. The highest BCUT2D eigenvalue weighted by Crippen LogP contribution is 2.40. The van der Waals surface area contributed by atoms with Crippen molar-refractivity contribution < 1.29 is 0 Å². The molecule has 90 valence electrons. The van der Waals surface area contributed by atoms with Crippen LogP contribution in [0.1, 0.15) is 41.5 Å².